The van der Waals surface area contributed by atoms with Crippen LogP contribution in [0.3, 0.4) is 0 Å². The van der Waals surface area contributed by atoms with Crippen molar-refractivity contribution in [3.8, 4) is 23.0 Å². The zero-order chi connectivity index (χ0) is 14.5. The molecule has 0 saturated heterocycles. The summed E-state index contributed by atoms with van der Waals surface area (Å²) in [5, 5.41) is 0. The number of benzene rings is 1. The monoisotopic (exact) mass is 277 g/mol. The highest BCUT2D eigenvalue weighted by Gasteiger charge is 2.12. The second-order valence-electron chi connectivity index (χ2n) is 5.40. The Labute approximate surface area is 117 Å². The van der Waals surface area contributed by atoms with Crippen LogP contribution in [0.4, 0.5) is 0 Å². The molecule has 0 spiro atoms. The van der Waals surface area contributed by atoms with E-state index in [0.717, 1.165) is 29.0 Å². The second-order valence-corrected chi connectivity index (χ2v) is 10.2. The molecule has 1 aromatic carbocycles. The average molecular weight is 277 g/mol. The van der Waals surface area contributed by atoms with Crippen molar-refractivity contribution in [1.29, 1.82) is 0 Å². The molecule has 0 amide bonds. The first kappa shape index (κ1) is 15.6. The van der Waals surface area contributed by atoms with E-state index >= 15 is 0 Å². The third-order valence-corrected chi connectivity index (χ3v) is 3.46. The van der Waals surface area contributed by atoms with Gasteiger partial charge in [0.1, 0.15) is 19.6 Å². The third kappa shape index (κ3) is 4.62. The van der Waals surface area contributed by atoms with Gasteiger partial charge in [-0.15, -0.1) is 5.54 Å². The maximum Gasteiger partial charge on any atom is 0.138 e. The molecule has 3 nitrogen and oxygen atoms in total. The topological polar surface area (TPSA) is 44.5 Å². The highest BCUT2D eigenvalue weighted by atomic mass is 28.3. The van der Waals surface area contributed by atoms with Crippen LogP contribution in [0.2, 0.25) is 19.6 Å². The highest BCUT2D eigenvalue weighted by Crippen LogP contribution is 2.28. The van der Waals surface area contributed by atoms with Gasteiger partial charge in [0.25, 0.3) is 0 Å². The largest absolute Gasteiger partial charge is 0.497 e. The van der Waals surface area contributed by atoms with Crippen molar-refractivity contribution in [3.05, 3.63) is 23.3 Å². The number of ether oxygens (including phenoxy) is 2. The normalized spacial score (nSPS) is 10.6. The number of rotatable bonds is 4. The predicted molar refractivity (Wildman–Crippen MR) is 82.5 cm³/mol. The van der Waals surface area contributed by atoms with Gasteiger partial charge in [-0.25, -0.2) is 0 Å². The molecule has 0 bridgehead atoms. The lowest BCUT2D eigenvalue weighted by atomic mass is 10.0. The minimum atomic E-state index is -1.42. The molecular formula is C15H23NO2Si. The summed E-state index contributed by atoms with van der Waals surface area (Å²) in [4.78, 5) is 0. The number of hydrogen-bond donors (Lipinski definition) is 1. The van der Waals surface area contributed by atoms with E-state index in [1.807, 2.05) is 12.1 Å². The van der Waals surface area contributed by atoms with Crippen LogP contribution in [0.25, 0.3) is 0 Å². The van der Waals surface area contributed by atoms with Crippen LogP contribution in [-0.4, -0.2) is 28.8 Å². The minimum absolute atomic E-state index is 0.581. The molecule has 0 heterocycles. The molecule has 104 valence electrons. The lowest BCUT2D eigenvalue weighted by Crippen LogP contribution is -2.16. The van der Waals surface area contributed by atoms with Gasteiger partial charge in [-0.2, -0.15) is 0 Å². The van der Waals surface area contributed by atoms with Gasteiger partial charge in [-0.1, -0.05) is 25.6 Å². The van der Waals surface area contributed by atoms with Crippen molar-refractivity contribution < 1.29 is 9.47 Å². The van der Waals surface area contributed by atoms with Crippen LogP contribution in [0.15, 0.2) is 12.1 Å². The summed E-state index contributed by atoms with van der Waals surface area (Å²) in [6.45, 7) is 7.24. The van der Waals surface area contributed by atoms with Gasteiger partial charge >= 0.3 is 0 Å². The molecule has 1 aromatic rings. The van der Waals surface area contributed by atoms with Gasteiger partial charge in [0.2, 0.25) is 0 Å². The van der Waals surface area contributed by atoms with Crippen LogP contribution in [0, 0.1) is 11.5 Å². The quantitative estimate of drug-likeness (QED) is 0.679. The van der Waals surface area contributed by atoms with Crippen molar-refractivity contribution in [2.24, 2.45) is 5.73 Å². The minimum Gasteiger partial charge on any atom is -0.497 e. The molecule has 0 aliphatic carbocycles. The molecule has 0 atom stereocenters. The summed E-state index contributed by atoms with van der Waals surface area (Å²) in [6, 6.07) is 3.86. The van der Waals surface area contributed by atoms with E-state index in [1.54, 1.807) is 14.2 Å². The van der Waals surface area contributed by atoms with E-state index in [1.165, 1.54) is 0 Å². The molecule has 1 rings (SSSR count). The maximum absolute atomic E-state index is 5.67. The van der Waals surface area contributed by atoms with E-state index in [2.05, 4.69) is 31.1 Å². The Morgan fingerprint density at radius 3 is 2.32 bits per heavy atom. The van der Waals surface area contributed by atoms with Crippen LogP contribution in [0.1, 0.15) is 11.1 Å². The third-order valence-electron chi connectivity index (χ3n) is 2.59. The molecule has 0 saturated carbocycles. The fourth-order valence-electron chi connectivity index (χ4n) is 1.67. The van der Waals surface area contributed by atoms with Gasteiger partial charge in [0.05, 0.1) is 19.8 Å². The maximum atomic E-state index is 5.67. The van der Waals surface area contributed by atoms with Gasteiger partial charge in [-0.3, -0.25) is 0 Å². The molecule has 19 heavy (non-hydrogen) atoms. The summed E-state index contributed by atoms with van der Waals surface area (Å²) >= 11 is 0. The van der Waals surface area contributed by atoms with Crippen LogP contribution < -0.4 is 15.2 Å². The Kier molecular flexibility index (Phi) is 5.46. The predicted octanol–water partition coefficient (Wildman–Crippen LogP) is 2.43. The van der Waals surface area contributed by atoms with Gasteiger partial charge in [0.15, 0.2) is 0 Å². The SMILES string of the molecule is COc1cc(CCN)c(C#C[Si](C)(C)C)c(OC)c1. The molecule has 4 heteroatoms. The number of nitrogens with two attached hydrogens (primary N) is 1. The van der Waals surface area contributed by atoms with E-state index in [4.69, 9.17) is 15.2 Å². The first-order chi connectivity index (χ1) is 8.91. The molecule has 2 N–H and O–H groups in total. The van der Waals surface area contributed by atoms with Gasteiger partial charge in [-0.05, 0) is 24.6 Å². The Bertz CT molecular complexity index is 495. The number of methoxy groups -OCH3 is 2. The van der Waals surface area contributed by atoms with E-state index < -0.39 is 8.07 Å². The van der Waals surface area contributed by atoms with E-state index in [-0.39, 0.29) is 0 Å². The Balaban J connectivity index is 3.35. The highest BCUT2D eigenvalue weighted by molar-refractivity contribution is 6.83. The van der Waals surface area contributed by atoms with Crippen molar-refractivity contribution in [2.45, 2.75) is 26.1 Å². The summed E-state index contributed by atoms with van der Waals surface area (Å²) in [7, 11) is 1.88. The van der Waals surface area contributed by atoms with Crippen LogP contribution in [-0.2, 0) is 6.42 Å². The Morgan fingerprint density at radius 1 is 1.16 bits per heavy atom. The summed E-state index contributed by atoms with van der Waals surface area (Å²) in [5.74, 6) is 4.82. The fraction of sp³-hybridized carbons (Fsp3) is 0.467. The summed E-state index contributed by atoms with van der Waals surface area (Å²) in [5.41, 5.74) is 11.1. The van der Waals surface area contributed by atoms with Crippen LogP contribution >= 0.6 is 0 Å². The lowest BCUT2D eigenvalue weighted by Gasteiger charge is -2.12. The molecule has 0 fully saturated rings. The Hall–Kier alpha value is -1.44. The standard InChI is InChI=1S/C15H23NO2Si/c1-17-13-10-12(6-8-16)14(15(11-13)18-2)7-9-19(3,4)5/h10-11H,6,8,16H2,1-5H3. The molecule has 0 aliphatic rings. The smallest absolute Gasteiger partial charge is 0.138 e. The van der Waals surface area contributed by atoms with Crippen molar-refractivity contribution in [1.82, 2.24) is 0 Å². The fourth-order valence-corrected chi connectivity index (χ4v) is 2.17. The zero-order valence-corrected chi connectivity index (χ0v) is 13.5. The first-order valence-electron chi connectivity index (χ1n) is 6.39. The summed E-state index contributed by atoms with van der Waals surface area (Å²) in [6.07, 6.45) is 0.767. The van der Waals surface area contributed by atoms with Crippen molar-refractivity contribution in [2.75, 3.05) is 20.8 Å². The zero-order valence-electron chi connectivity index (χ0n) is 12.5. The van der Waals surface area contributed by atoms with Crippen molar-refractivity contribution in [3.63, 3.8) is 0 Å². The Morgan fingerprint density at radius 2 is 1.84 bits per heavy atom. The van der Waals surface area contributed by atoms with Gasteiger partial charge in [0, 0.05) is 6.07 Å². The second kappa shape index (κ2) is 6.64. The molecule has 0 aliphatic heterocycles. The molecule has 0 aromatic heterocycles. The van der Waals surface area contributed by atoms with E-state index in [9.17, 15) is 0 Å². The lowest BCUT2D eigenvalue weighted by molar-refractivity contribution is 0.392. The van der Waals surface area contributed by atoms with Crippen molar-refractivity contribution >= 4 is 8.07 Å². The number of hydrogen-bond acceptors (Lipinski definition) is 3. The summed E-state index contributed by atoms with van der Waals surface area (Å²) < 4.78 is 10.7. The molecular weight excluding hydrogens is 254 g/mol. The first-order valence-corrected chi connectivity index (χ1v) is 9.89. The van der Waals surface area contributed by atoms with E-state index in [0.29, 0.717) is 6.54 Å². The van der Waals surface area contributed by atoms with Gasteiger partial charge < -0.3 is 15.2 Å². The van der Waals surface area contributed by atoms with Crippen LogP contribution in [0.5, 0.6) is 11.5 Å². The molecule has 0 unspecified atom stereocenters. The molecule has 0 radical (unpaired) electrons. The average Bonchev–Trinajstić information content (AvgIpc) is 2.35.